The fraction of sp³-hybridized carbons (Fsp3) is 0.464. The molecule has 4 aliphatic carbocycles. The van der Waals surface area contributed by atoms with Crippen LogP contribution >= 0.6 is 11.6 Å². The highest BCUT2D eigenvalue weighted by Gasteiger charge is 2.54. The van der Waals surface area contributed by atoms with Gasteiger partial charge in [-0.05, 0) is 195 Å². The molecule has 19 atom stereocenters. The van der Waals surface area contributed by atoms with E-state index in [1.54, 1.807) is 13.8 Å². The molecule has 18 bridgehead atoms. The molecule has 35 nitrogen and oxygen atoms in total. The van der Waals surface area contributed by atoms with Gasteiger partial charge in [0.15, 0.2) is 23.9 Å². The van der Waals surface area contributed by atoms with Gasteiger partial charge in [-0.15, -0.1) is 0 Å². The number of phenolic OH excluding ortho intramolecular Hbond substituents is 3. The molecular weight excluding hydrogens is 1580 g/mol. The van der Waals surface area contributed by atoms with Crippen molar-refractivity contribution in [2.75, 3.05) is 19.5 Å². The van der Waals surface area contributed by atoms with E-state index in [9.17, 15) is 60.3 Å². The van der Waals surface area contributed by atoms with Crippen LogP contribution in [-0.2, 0) is 52.6 Å². The molecule has 10 amide bonds. The summed E-state index contributed by atoms with van der Waals surface area (Å²) in [5.41, 5.74) is -2.48. The Labute approximate surface area is 691 Å². The van der Waals surface area contributed by atoms with E-state index in [4.69, 9.17) is 44.8 Å². The zero-order valence-electron chi connectivity index (χ0n) is 65.8. The van der Waals surface area contributed by atoms with E-state index in [0.717, 1.165) is 86.7 Å². The van der Waals surface area contributed by atoms with Crippen LogP contribution in [0.3, 0.4) is 0 Å². The Hall–Kier alpha value is -11.0. The molecule has 6 fully saturated rings. The molecule has 8 aliphatic heterocycles. The van der Waals surface area contributed by atoms with Gasteiger partial charge in [-0.2, -0.15) is 0 Å². The van der Waals surface area contributed by atoms with Crippen molar-refractivity contribution < 1.29 is 122 Å². The van der Waals surface area contributed by atoms with Gasteiger partial charge in [-0.1, -0.05) is 50.6 Å². The van der Waals surface area contributed by atoms with Crippen LogP contribution in [0, 0.1) is 35.5 Å². The maximum Gasteiger partial charge on any atom is 0.325 e. The van der Waals surface area contributed by atoms with Gasteiger partial charge in [-0.25, -0.2) is 4.79 Å². The zero-order valence-corrected chi connectivity index (χ0v) is 66.6. The van der Waals surface area contributed by atoms with Crippen LogP contribution in [0.5, 0.6) is 51.7 Å². The zero-order chi connectivity index (χ0) is 85.3. The van der Waals surface area contributed by atoms with Crippen molar-refractivity contribution in [2.24, 2.45) is 35.5 Å². The van der Waals surface area contributed by atoms with Gasteiger partial charge in [0.1, 0.15) is 107 Å². The molecule has 2 saturated heterocycles. The van der Waals surface area contributed by atoms with Crippen molar-refractivity contribution in [2.45, 2.75) is 195 Å². The van der Waals surface area contributed by atoms with Crippen molar-refractivity contribution in [1.82, 2.24) is 47.9 Å². The Morgan fingerprint density at radius 1 is 0.608 bits per heavy atom. The van der Waals surface area contributed by atoms with Gasteiger partial charge < -0.3 is 127 Å². The first-order chi connectivity index (χ1) is 57.3. The minimum Gasteiger partial charge on any atom is -0.508 e. The molecular formula is C84H95ClN10O25. The lowest BCUT2D eigenvalue weighted by Gasteiger charge is -2.54. The number of phenols is 3. The fourth-order valence-corrected chi connectivity index (χ4v) is 18.6. The van der Waals surface area contributed by atoms with Gasteiger partial charge in [0.25, 0.3) is 0 Å². The Kier molecular flexibility index (Phi) is 24.0. The van der Waals surface area contributed by atoms with E-state index in [2.05, 4.69) is 53.2 Å². The molecule has 0 aromatic heterocycles. The van der Waals surface area contributed by atoms with Crippen molar-refractivity contribution in [1.29, 1.82) is 0 Å². The summed E-state index contributed by atoms with van der Waals surface area (Å²) in [5, 5.41) is 136. The first-order valence-electron chi connectivity index (χ1n) is 39.9. The molecule has 19 N–H and O–H groups in total. The van der Waals surface area contributed by atoms with Crippen LogP contribution in [0.15, 0.2) is 103 Å². The number of anilines is 1. The number of imide groups is 1. The minimum atomic E-state index is -2.38. The summed E-state index contributed by atoms with van der Waals surface area (Å²) in [4.78, 5) is 138. The lowest BCUT2D eigenvalue weighted by molar-refractivity contribution is -0.338. The van der Waals surface area contributed by atoms with Crippen LogP contribution in [0.4, 0.5) is 10.5 Å². The topological polar surface area (TPSA) is 521 Å². The van der Waals surface area contributed by atoms with Crippen LogP contribution < -0.4 is 72.1 Å². The van der Waals surface area contributed by atoms with Gasteiger partial charge in [-0.3, -0.25) is 43.7 Å². The van der Waals surface area contributed by atoms with Crippen molar-refractivity contribution >= 4 is 70.6 Å². The average molecular weight is 1680 g/mol. The second kappa shape index (κ2) is 34.3. The van der Waals surface area contributed by atoms with E-state index < -0.39 is 215 Å². The number of aromatic hydroxyl groups is 3. The quantitative estimate of drug-likeness (QED) is 0.0772. The molecule has 0 radical (unpaired) electrons. The minimum absolute atomic E-state index is 0.000228. The predicted molar refractivity (Wildman–Crippen MR) is 421 cm³/mol. The number of rotatable bonds is 13. The summed E-state index contributed by atoms with van der Waals surface area (Å²) in [6, 6.07) is 4.74. The first kappa shape index (κ1) is 84.1. The fourth-order valence-electron chi connectivity index (χ4n) is 18.4. The number of amides is 10. The molecule has 6 aromatic rings. The number of aliphatic hydroxyl groups is 6. The predicted octanol–water partition coefficient (Wildman–Crippen LogP) is 4.15. The number of hydrogen-bond donors (Lipinski definition) is 19. The van der Waals surface area contributed by atoms with E-state index in [0.29, 0.717) is 17.6 Å². The molecule has 6 aromatic carbocycles. The van der Waals surface area contributed by atoms with Crippen LogP contribution in [0.25, 0.3) is 11.1 Å². The standard InChI is InChI=1S/C84H95ClN10O25/c1-32(2)17-50(86-5)76(106)94-65-68(101)38-8-15-54-47(25-38)70(103)74-71(104)72(105)75(118-59-18-33(3)67(100)34(4)115-59)83(120-74)119-73-56(116-54)27-42-28-57(73)117-55-16-9-39(26-49(55)85)69(102)66-82(112)93-64(80(110)90-61-40-20-35-19-36(22-40)23-41(61)21-35)48-29-44(96)30-53(98)60(48)46-24-37(7-14-52(46)97)62(78(108)95-66)92-79(109)63(42)91-77(107)51(88-81(65)111)31-58(99)89-84(113)87-43-10-12-45(114-6)13-11-43/h7-16,24-30,32-36,40-41,50-51,59,61-72,74-75,83,86,96-98,100-105H,17-23,31H2,1-6H3,(H,88,111)(H,90,110)(H,91,107)(H,92,109)(H,93,112)(H,94,106)(H,95,108)(H2,87,89,99,113)/t33-,34+,35?,36?,40?,41?,50-,51+,59+,61?,62-,63-,64+,65-,66+,67+,68-,69-,70?,71+,72+,74-,75-,83-/m1/s1. The van der Waals surface area contributed by atoms with E-state index >= 15 is 28.8 Å². The number of carbonyl (C=O) groups is 9. The summed E-state index contributed by atoms with van der Waals surface area (Å²) >= 11 is 7.27. The number of methoxy groups -OCH3 is 1. The lowest BCUT2D eigenvalue weighted by atomic mass is 9.54. The van der Waals surface area contributed by atoms with E-state index in [1.165, 1.54) is 62.7 Å². The number of hydrogen-bond acceptors (Lipinski definition) is 26. The number of benzene rings is 6. The number of likely N-dealkylation sites (N-methyl/N-ethyl adjacent to an activating group) is 1. The summed E-state index contributed by atoms with van der Waals surface area (Å²) in [6.07, 6.45) is -16.4. The highest BCUT2D eigenvalue weighted by Crippen LogP contribution is 2.55. The normalized spacial score (nSPS) is 31.4. The Morgan fingerprint density at radius 2 is 1.26 bits per heavy atom. The molecule has 1 unspecified atom stereocenters. The highest BCUT2D eigenvalue weighted by molar-refractivity contribution is 6.32. The second-order valence-corrected chi connectivity index (χ2v) is 33.4. The number of urea groups is 1. The molecule has 36 heteroatoms. The molecule has 120 heavy (non-hydrogen) atoms. The largest absolute Gasteiger partial charge is 0.508 e. The van der Waals surface area contributed by atoms with Gasteiger partial charge in [0, 0.05) is 40.9 Å². The van der Waals surface area contributed by atoms with Crippen LogP contribution in [0.2, 0.25) is 5.02 Å². The average Bonchev–Trinajstić information content (AvgIpc) is 0.761. The third-order valence-corrected chi connectivity index (χ3v) is 24.6. The number of aliphatic hydroxyl groups excluding tert-OH is 6. The monoisotopic (exact) mass is 1680 g/mol. The van der Waals surface area contributed by atoms with Crippen molar-refractivity contribution in [3.8, 4) is 62.9 Å². The third kappa shape index (κ3) is 17.0. The number of ether oxygens (including phenoxy) is 7. The summed E-state index contributed by atoms with van der Waals surface area (Å²) in [7, 11) is 2.88. The number of fused-ring (bicyclic) bond motifs is 16. The first-order valence-corrected chi connectivity index (χ1v) is 40.3. The molecule has 18 rings (SSSR count). The summed E-state index contributed by atoms with van der Waals surface area (Å²) in [6.45, 7) is 6.92. The SMILES string of the molecule is CN[C@H](CC(C)C)C(=O)N[C@H]1C(=O)N[C@@H](CC(=O)NC(=O)Nc2ccc(OC)cc2)C(=O)N[C@H]2C(=O)N[C@H]3C(=O)N[C@H](C(=O)N[C@H](C(=O)NC4C5CC6CC(C5)CC4C6)c4cc(O)cc(O)c4-c4cc3ccc4O)[C@H](O)c3ccc(c(Cl)c3)Oc3cc2cc2c3O[C@@H]3O[C@H](C(O)c4cc(ccc4O2)[C@H]1O)[C@@H](O)[C@H](O)[C@H]3O[C@H]1C[C@@H](C)[C@H](O)[C@H](C)O1. The lowest BCUT2D eigenvalue weighted by Crippen LogP contribution is -2.62. The molecule has 8 heterocycles. The number of carbonyl (C=O) groups excluding carboxylic acids is 9. The van der Waals surface area contributed by atoms with Crippen LogP contribution in [-0.4, -0.2) is 193 Å². The summed E-state index contributed by atoms with van der Waals surface area (Å²) < 4.78 is 44.8. The van der Waals surface area contributed by atoms with E-state index in [-0.39, 0.29) is 97.8 Å². The molecule has 4 saturated carbocycles. The van der Waals surface area contributed by atoms with Gasteiger partial charge in [0.05, 0.1) is 36.8 Å². The smallest absolute Gasteiger partial charge is 0.325 e. The third-order valence-electron chi connectivity index (χ3n) is 24.3. The van der Waals surface area contributed by atoms with Crippen LogP contribution in [0.1, 0.15) is 149 Å². The summed E-state index contributed by atoms with van der Waals surface area (Å²) in [5.74, 6) is -13.5. The maximum atomic E-state index is 16.6. The second-order valence-electron chi connectivity index (χ2n) is 33.0. The Morgan fingerprint density at radius 3 is 1.93 bits per heavy atom. The number of halogens is 1. The Bertz CT molecular complexity index is 4980. The van der Waals surface area contributed by atoms with Gasteiger partial charge >= 0.3 is 6.03 Å². The van der Waals surface area contributed by atoms with Gasteiger partial charge in [0.2, 0.25) is 59.3 Å². The van der Waals surface area contributed by atoms with Crippen molar-refractivity contribution in [3.63, 3.8) is 0 Å². The maximum absolute atomic E-state index is 16.6. The highest BCUT2D eigenvalue weighted by atomic mass is 35.5. The molecule has 638 valence electrons. The van der Waals surface area contributed by atoms with Crippen molar-refractivity contribution in [3.05, 3.63) is 142 Å². The molecule has 12 aliphatic rings. The van der Waals surface area contributed by atoms with E-state index in [1.807, 2.05) is 13.8 Å². The molecule has 0 spiro atoms. The number of nitrogens with one attached hydrogen (secondary N) is 10. The Balaban J connectivity index is 0.926.